The van der Waals surface area contributed by atoms with Crippen LogP contribution in [-0.2, 0) is 7.05 Å². The number of hydrogen-bond acceptors (Lipinski definition) is 3. The molecule has 0 aliphatic heterocycles. The molecule has 1 aromatic heterocycles. The minimum atomic E-state index is -0.238. The molecule has 2 aromatic rings. The van der Waals surface area contributed by atoms with Gasteiger partial charge in [0.25, 0.3) is 0 Å². The number of nitrogens with zero attached hydrogens (tertiary/aromatic N) is 3. The quantitative estimate of drug-likeness (QED) is 0.847. The Morgan fingerprint density at radius 1 is 1.41 bits per heavy atom. The lowest BCUT2D eigenvalue weighted by Gasteiger charge is -2.05. The van der Waals surface area contributed by atoms with Crippen LogP contribution in [0.2, 0.25) is 0 Å². The van der Waals surface area contributed by atoms with Crippen LogP contribution in [0.25, 0.3) is 5.69 Å². The highest BCUT2D eigenvalue weighted by Gasteiger charge is 2.13. The summed E-state index contributed by atoms with van der Waals surface area (Å²) in [5.74, 6) is 0. The molecule has 0 unspecified atom stereocenters. The van der Waals surface area contributed by atoms with Gasteiger partial charge in [0.1, 0.15) is 0 Å². The number of benzene rings is 1. The largest absolute Gasteiger partial charge is 0.467 e. The fourth-order valence-electron chi connectivity index (χ4n) is 1.52. The summed E-state index contributed by atoms with van der Waals surface area (Å²) in [6.07, 6.45) is 0. The third-order valence-corrected chi connectivity index (χ3v) is 3.35. The first-order valence-electron chi connectivity index (χ1n) is 5.01. The average Bonchev–Trinajstić information content (AvgIpc) is 2.59. The van der Waals surface area contributed by atoms with Crippen LogP contribution in [-0.4, -0.2) is 21.5 Å². The lowest BCUT2D eigenvalue weighted by atomic mass is 10.2. The van der Waals surface area contributed by atoms with Crippen molar-refractivity contribution in [1.29, 1.82) is 0 Å². The molecule has 0 atom stereocenters. The van der Waals surface area contributed by atoms with Crippen LogP contribution >= 0.6 is 15.9 Å². The van der Waals surface area contributed by atoms with E-state index in [4.69, 9.17) is 4.74 Å². The van der Waals surface area contributed by atoms with E-state index in [0.29, 0.717) is 0 Å². The number of aromatic nitrogens is 3. The van der Waals surface area contributed by atoms with E-state index in [1.54, 1.807) is 7.05 Å². The standard InChI is InChI=1S/C11H12BrN3O2/c1-7-4-5-8(6-9(7)12)15-10(17-3)13-14(2)11(15)16/h4-6H,1-3H3. The molecule has 0 aliphatic carbocycles. The Kier molecular flexibility index (Phi) is 3.06. The van der Waals surface area contributed by atoms with Gasteiger partial charge in [0.2, 0.25) is 0 Å². The van der Waals surface area contributed by atoms with E-state index in [9.17, 15) is 4.79 Å². The maximum absolute atomic E-state index is 11.9. The number of aryl methyl sites for hydroxylation is 2. The average molecular weight is 298 g/mol. The minimum Gasteiger partial charge on any atom is -0.467 e. The molecular formula is C11H12BrN3O2. The van der Waals surface area contributed by atoms with Crippen LogP contribution in [0.5, 0.6) is 6.01 Å². The maximum atomic E-state index is 11.9. The van der Waals surface area contributed by atoms with Gasteiger partial charge in [-0.3, -0.25) is 0 Å². The van der Waals surface area contributed by atoms with Crippen LogP contribution in [0, 0.1) is 6.92 Å². The van der Waals surface area contributed by atoms with Crippen molar-refractivity contribution < 1.29 is 4.74 Å². The SMILES string of the molecule is COc1nn(C)c(=O)n1-c1ccc(C)c(Br)c1. The summed E-state index contributed by atoms with van der Waals surface area (Å²) in [5, 5.41) is 3.99. The third kappa shape index (κ3) is 2.00. The first-order valence-corrected chi connectivity index (χ1v) is 5.80. The predicted molar refractivity (Wildman–Crippen MR) is 67.8 cm³/mol. The first-order chi connectivity index (χ1) is 8.04. The van der Waals surface area contributed by atoms with E-state index in [1.807, 2.05) is 25.1 Å². The summed E-state index contributed by atoms with van der Waals surface area (Å²) in [5.41, 5.74) is 1.58. The van der Waals surface area contributed by atoms with E-state index in [0.717, 1.165) is 15.7 Å². The number of hydrogen-bond donors (Lipinski definition) is 0. The Bertz CT molecular complexity index is 616. The van der Waals surface area contributed by atoms with Crippen LogP contribution in [0.3, 0.4) is 0 Å². The van der Waals surface area contributed by atoms with Gasteiger partial charge in [-0.15, -0.1) is 5.10 Å². The first kappa shape index (κ1) is 11.9. The molecule has 6 heteroatoms. The minimum absolute atomic E-state index is 0.238. The molecule has 5 nitrogen and oxygen atoms in total. The van der Waals surface area contributed by atoms with Gasteiger partial charge in [-0.05, 0) is 24.6 Å². The van der Waals surface area contributed by atoms with E-state index in [2.05, 4.69) is 21.0 Å². The Balaban J connectivity index is 2.67. The van der Waals surface area contributed by atoms with Gasteiger partial charge >= 0.3 is 11.7 Å². The van der Waals surface area contributed by atoms with Crippen LogP contribution in [0.15, 0.2) is 27.5 Å². The molecule has 0 saturated heterocycles. The summed E-state index contributed by atoms with van der Waals surface area (Å²) >= 11 is 3.44. The molecule has 90 valence electrons. The molecule has 0 saturated carbocycles. The second-order valence-corrected chi connectivity index (χ2v) is 4.52. The van der Waals surface area contributed by atoms with Crippen molar-refractivity contribution >= 4 is 15.9 Å². The number of rotatable bonds is 2. The van der Waals surface area contributed by atoms with Gasteiger partial charge in [-0.2, -0.15) is 0 Å². The molecule has 17 heavy (non-hydrogen) atoms. The molecular weight excluding hydrogens is 286 g/mol. The van der Waals surface area contributed by atoms with Crippen LogP contribution in [0.1, 0.15) is 5.56 Å². The summed E-state index contributed by atoms with van der Waals surface area (Å²) in [4.78, 5) is 11.9. The van der Waals surface area contributed by atoms with Crippen molar-refractivity contribution in [2.24, 2.45) is 7.05 Å². The van der Waals surface area contributed by atoms with Gasteiger partial charge in [-0.25, -0.2) is 14.0 Å². The molecule has 0 amide bonds. The maximum Gasteiger partial charge on any atom is 0.353 e. The Morgan fingerprint density at radius 2 is 2.12 bits per heavy atom. The van der Waals surface area contributed by atoms with E-state index in [-0.39, 0.29) is 11.7 Å². The van der Waals surface area contributed by atoms with Gasteiger partial charge in [-0.1, -0.05) is 22.0 Å². The summed E-state index contributed by atoms with van der Waals surface area (Å²) in [6, 6.07) is 5.92. The zero-order valence-electron chi connectivity index (χ0n) is 9.77. The fraction of sp³-hybridized carbons (Fsp3) is 0.273. The smallest absolute Gasteiger partial charge is 0.353 e. The number of methoxy groups -OCH3 is 1. The van der Waals surface area contributed by atoms with Crippen molar-refractivity contribution in [3.63, 3.8) is 0 Å². The van der Waals surface area contributed by atoms with E-state index >= 15 is 0 Å². The molecule has 0 N–H and O–H groups in total. The normalized spacial score (nSPS) is 10.6. The molecule has 0 bridgehead atoms. The highest BCUT2D eigenvalue weighted by atomic mass is 79.9. The summed E-state index contributed by atoms with van der Waals surface area (Å²) in [6.45, 7) is 1.98. The molecule has 0 radical (unpaired) electrons. The van der Waals surface area contributed by atoms with Crippen molar-refractivity contribution in [1.82, 2.24) is 14.3 Å². The fourth-order valence-corrected chi connectivity index (χ4v) is 1.88. The second kappa shape index (κ2) is 4.37. The van der Waals surface area contributed by atoms with Gasteiger partial charge in [0.05, 0.1) is 12.8 Å². The molecule has 0 fully saturated rings. The van der Waals surface area contributed by atoms with Gasteiger partial charge in [0, 0.05) is 11.5 Å². The molecule has 0 aliphatic rings. The molecule has 0 spiro atoms. The second-order valence-electron chi connectivity index (χ2n) is 3.66. The van der Waals surface area contributed by atoms with Gasteiger partial charge < -0.3 is 4.74 Å². The van der Waals surface area contributed by atoms with Gasteiger partial charge in [0.15, 0.2) is 0 Å². The number of halogens is 1. The summed E-state index contributed by atoms with van der Waals surface area (Å²) in [7, 11) is 3.08. The van der Waals surface area contributed by atoms with E-state index in [1.165, 1.54) is 16.4 Å². The summed E-state index contributed by atoms with van der Waals surface area (Å²) < 4.78 is 8.69. The van der Waals surface area contributed by atoms with E-state index < -0.39 is 0 Å². The van der Waals surface area contributed by atoms with Crippen molar-refractivity contribution in [3.8, 4) is 11.7 Å². The lowest BCUT2D eigenvalue weighted by Crippen LogP contribution is -2.21. The Morgan fingerprint density at radius 3 is 2.71 bits per heavy atom. The van der Waals surface area contributed by atoms with Crippen molar-refractivity contribution in [2.75, 3.05) is 7.11 Å². The third-order valence-electron chi connectivity index (χ3n) is 2.49. The highest BCUT2D eigenvalue weighted by Crippen LogP contribution is 2.21. The predicted octanol–water partition coefficient (Wildman–Crippen LogP) is 1.65. The zero-order chi connectivity index (χ0) is 12.6. The Hall–Kier alpha value is -1.56. The Labute approximate surface area is 107 Å². The lowest BCUT2D eigenvalue weighted by molar-refractivity contribution is 0.368. The molecule has 1 heterocycles. The van der Waals surface area contributed by atoms with Crippen molar-refractivity contribution in [3.05, 3.63) is 38.7 Å². The monoisotopic (exact) mass is 297 g/mol. The topological polar surface area (TPSA) is 49.1 Å². The van der Waals surface area contributed by atoms with Crippen LogP contribution < -0.4 is 10.4 Å². The number of ether oxygens (including phenoxy) is 1. The molecule has 2 rings (SSSR count). The van der Waals surface area contributed by atoms with Crippen molar-refractivity contribution in [2.45, 2.75) is 6.92 Å². The van der Waals surface area contributed by atoms with Crippen LogP contribution in [0.4, 0.5) is 0 Å². The highest BCUT2D eigenvalue weighted by molar-refractivity contribution is 9.10. The molecule has 1 aromatic carbocycles. The zero-order valence-corrected chi connectivity index (χ0v) is 11.4.